The summed E-state index contributed by atoms with van der Waals surface area (Å²) in [6, 6.07) is 11.9. The minimum Gasteiger partial charge on any atom is -0.506 e. The number of pyridine rings is 2. The highest BCUT2D eigenvalue weighted by molar-refractivity contribution is 7.85. The van der Waals surface area contributed by atoms with Gasteiger partial charge in [0.2, 0.25) is 11.8 Å². The number of benzene rings is 1. The van der Waals surface area contributed by atoms with Crippen LogP contribution >= 0.6 is 0 Å². The van der Waals surface area contributed by atoms with Crippen molar-refractivity contribution in [3.8, 4) is 28.5 Å². The van der Waals surface area contributed by atoms with Crippen molar-refractivity contribution in [1.29, 1.82) is 0 Å². The quantitative estimate of drug-likeness (QED) is 0.0872. The molecule has 1 aromatic carbocycles. The zero-order valence-corrected chi connectivity index (χ0v) is 28.3. The molecule has 0 saturated carbocycles. The van der Waals surface area contributed by atoms with Crippen molar-refractivity contribution in [1.82, 2.24) is 24.5 Å². The lowest BCUT2D eigenvalue weighted by Gasteiger charge is -2.15. The standard InChI is InChI=1S/C31H38N6O7SSi/c1-32-31-35-29-28(30(36-31)43-19-23-16-25(8-9-33-23)42-10-11-44-45(2,39)40)26(18-37(29)20-41-12-13-46(3,4)5)21-6-7-27-22(14-21)15-24(38)17-34-27/h6-9,14-18,38H,10-13,19-20H2,1-5H3,(H,32,35,36). The Morgan fingerprint density at radius 1 is 1.00 bits per heavy atom. The Kier molecular flexibility index (Phi) is 10.1. The molecule has 0 aliphatic heterocycles. The first kappa shape index (κ1) is 33.1. The molecule has 5 aromatic rings. The van der Waals surface area contributed by atoms with Crippen molar-refractivity contribution in [2.75, 3.05) is 38.4 Å². The smallest absolute Gasteiger partial charge is 0.264 e. The fourth-order valence-corrected chi connectivity index (χ4v) is 5.76. The van der Waals surface area contributed by atoms with E-state index in [4.69, 9.17) is 23.4 Å². The normalized spacial score (nSPS) is 12.1. The molecule has 15 heteroatoms. The lowest BCUT2D eigenvalue weighted by Crippen LogP contribution is -2.22. The maximum absolute atomic E-state index is 11.2. The molecule has 5 rings (SSSR count). The van der Waals surface area contributed by atoms with Crippen molar-refractivity contribution in [3.05, 3.63) is 60.7 Å². The summed E-state index contributed by atoms with van der Waals surface area (Å²) >= 11 is 0. The van der Waals surface area contributed by atoms with Gasteiger partial charge in [0.15, 0.2) is 5.65 Å². The molecule has 13 nitrogen and oxygen atoms in total. The van der Waals surface area contributed by atoms with E-state index in [-0.39, 0.29) is 25.6 Å². The fourth-order valence-electron chi connectivity index (χ4n) is 4.63. The number of nitrogens with one attached hydrogen (secondary N) is 1. The topological polar surface area (TPSA) is 160 Å². The van der Waals surface area contributed by atoms with Crippen LogP contribution in [-0.4, -0.2) is 79.2 Å². The van der Waals surface area contributed by atoms with Crippen LogP contribution in [0, 0.1) is 0 Å². The number of ether oxygens (including phenoxy) is 3. The number of anilines is 1. The molecule has 0 saturated heterocycles. The number of aromatic hydroxyl groups is 1. The first-order chi connectivity index (χ1) is 21.9. The highest BCUT2D eigenvalue weighted by atomic mass is 32.2. The first-order valence-electron chi connectivity index (χ1n) is 14.7. The third-order valence-corrected chi connectivity index (χ3v) is 9.20. The Labute approximate surface area is 268 Å². The molecule has 0 fully saturated rings. The van der Waals surface area contributed by atoms with Gasteiger partial charge in [0.05, 0.1) is 29.0 Å². The van der Waals surface area contributed by atoms with E-state index in [1.807, 2.05) is 29.0 Å². The largest absolute Gasteiger partial charge is 0.506 e. The van der Waals surface area contributed by atoms with E-state index in [1.165, 1.54) is 6.20 Å². The first-order valence-corrected chi connectivity index (χ1v) is 20.2. The average Bonchev–Trinajstić information content (AvgIpc) is 3.37. The molecule has 4 aromatic heterocycles. The average molecular weight is 667 g/mol. The summed E-state index contributed by atoms with van der Waals surface area (Å²) < 4.78 is 47.2. The van der Waals surface area contributed by atoms with Crippen LogP contribution in [0.5, 0.6) is 17.4 Å². The van der Waals surface area contributed by atoms with Gasteiger partial charge in [-0.2, -0.15) is 18.4 Å². The maximum atomic E-state index is 11.2. The van der Waals surface area contributed by atoms with Crippen molar-refractivity contribution < 1.29 is 31.9 Å². The van der Waals surface area contributed by atoms with Gasteiger partial charge in [-0.1, -0.05) is 25.7 Å². The number of aromatic nitrogens is 5. The van der Waals surface area contributed by atoms with E-state index in [0.29, 0.717) is 47.6 Å². The molecule has 0 spiro atoms. The zero-order valence-electron chi connectivity index (χ0n) is 26.5. The minimum atomic E-state index is -3.55. The van der Waals surface area contributed by atoms with Crippen LogP contribution in [0.1, 0.15) is 5.69 Å². The van der Waals surface area contributed by atoms with Gasteiger partial charge in [-0.15, -0.1) is 0 Å². The third kappa shape index (κ3) is 8.69. The summed E-state index contributed by atoms with van der Waals surface area (Å²) in [6.45, 7) is 7.88. The zero-order chi connectivity index (χ0) is 32.9. The molecule has 0 amide bonds. The van der Waals surface area contributed by atoms with Gasteiger partial charge in [0, 0.05) is 51.1 Å². The summed E-state index contributed by atoms with van der Waals surface area (Å²) in [4.78, 5) is 18.2. The Bertz CT molecular complexity index is 1950. The second-order valence-electron chi connectivity index (χ2n) is 11.9. The van der Waals surface area contributed by atoms with Crippen LogP contribution in [0.2, 0.25) is 25.7 Å². The Balaban J connectivity index is 1.48. The van der Waals surface area contributed by atoms with E-state index >= 15 is 0 Å². The van der Waals surface area contributed by atoms with E-state index in [0.717, 1.165) is 34.3 Å². The Morgan fingerprint density at radius 2 is 1.83 bits per heavy atom. The lowest BCUT2D eigenvalue weighted by atomic mass is 10.0. The van der Waals surface area contributed by atoms with Crippen LogP contribution in [-0.2, 0) is 32.4 Å². The van der Waals surface area contributed by atoms with Gasteiger partial charge in [0.1, 0.15) is 38.1 Å². The molecule has 0 aliphatic carbocycles. The molecular formula is C31H38N6O7SSi. The molecule has 4 heterocycles. The SMILES string of the molecule is CNc1nc(OCc2cc(OCCOS(C)(=O)=O)ccn2)c2c(-c3ccc4ncc(O)cc4c3)cn(COCC[Si](C)(C)C)c2n1. The number of hydrogen-bond donors (Lipinski definition) is 2. The Hall–Kier alpha value is -4.31. The van der Waals surface area contributed by atoms with Gasteiger partial charge in [-0.3, -0.25) is 14.2 Å². The monoisotopic (exact) mass is 666 g/mol. The molecule has 0 atom stereocenters. The lowest BCUT2D eigenvalue weighted by molar-refractivity contribution is 0.0899. The van der Waals surface area contributed by atoms with Crippen LogP contribution in [0.3, 0.4) is 0 Å². The molecular weight excluding hydrogens is 629 g/mol. The number of fused-ring (bicyclic) bond motifs is 2. The molecule has 2 N–H and O–H groups in total. The van der Waals surface area contributed by atoms with Gasteiger partial charge in [-0.25, -0.2) is 0 Å². The predicted octanol–water partition coefficient (Wildman–Crippen LogP) is 5.04. The van der Waals surface area contributed by atoms with Crippen molar-refractivity contribution in [3.63, 3.8) is 0 Å². The van der Waals surface area contributed by atoms with E-state index in [2.05, 4.69) is 39.9 Å². The summed E-state index contributed by atoms with van der Waals surface area (Å²) in [5.74, 6) is 1.29. The second kappa shape index (κ2) is 14.0. The van der Waals surface area contributed by atoms with Crippen LogP contribution < -0.4 is 14.8 Å². The summed E-state index contributed by atoms with van der Waals surface area (Å²) in [5.41, 5.74) is 3.63. The molecule has 244 valence electrons. The Morgan fingerprint density at radius 3 is 2.59 bits per heavy atom. The molecule has 0 aliphatic rings. The highest BCUT2D eigenvalue weighted by Crippen LogP contribution is 2.38. The number of nitrogens with zero attached hydrogens (tertiary/aromatic N) is 5. The molecule has 0 bridgehead atoms. The van der Waals surface area contributed by atoms with Crippen molar-refractivity contribution in [2.45, 2.75) is 39.0 Å². The van der Waals surface area contributed by atoms with Crippen LogP contribution in [0.15, 0.2) is 55.0 Å². The molecule has 0 radical (unpaired) electrons. The minimum absolute atomic E-state index is 0.0470. The second-order valence-corrected chi connectivity index (χ2v) is 19.2. The maximum Gasteiger partial charge on any atom is 0.264 e. The van der Waals surface area contributed by atoms with Gasteiger partial charge >= 0.3 is 0 Å². The summed E-state index contributed by atoms with van der Waals surface area (Å²) in [6.07, 6.45) is 5.96. The van der Waals surface area contributed by atoms with Gasteiger partial charge in [0.25, 0.3) is 10.1 Å². The van der Waals surface area contributed by atoms with E-state index in [9.17, 15) is 13.5 Å². The van der Waals surface area contributed by atoms with Crippen molar-refractivity contribution in [2.24, 2.45) is 0 Å². The summed E-state index contributed by atoms with van der Waals surface area (Å²) in [5, 5.41) is 14.6. The highest BCUT2D eigenvalue weighted by Gasteiger charge is 2.21. The molecule has 0 unspecified atom stereocenters. The van der Waals surface area contributed by atoms with E-state index in [1.54, 1.807) is 31.4 Å². The number of rotatable bonds is 15. The van der Waals surface area contributed by atoms with E-state index < -0.39 is 18.2 Å². The third-order valence-electron chi connectivity index (χ3n) is 6.91. The fraction of sp³-hybridized carbons (Fsp3) is 0.355. The number of hydrogen-bond acceptors (Lipinski definition) is 12. The molecule has 46 heavy (non-hydrogen) atoms. The van der Waals surface area contributed by atoms with Crippen LogP contribution in [0.25, 0.3) is 33.1 Å². The van der Waals surface area contributed by atoms with Gasteiger partial charge in [-0.05, 0) is 35.9 Å². The van der Waals surface area contributed by atoms with Crippen LogP contribution in [0.4, 0.5) is 5.95 Å². The van der Waals surface area contributed by atoms with Crippen molar-refractivity contribution >= 4 is 46.1 Å². The summed E-state index contributed by atoms with van der Waals surface area (Å²) in [7, 11) is -3.09. The van der Waals surface area contributed by atoms with Gasteiger partial charge < -0.3 is 29.2 Å². The predicted molar refractivity (Wildman–Crippen MR) is 178 cm³/mol.